The molecule has 1 saturated carbocycles. The molecule has 5 rings (SSSR count). The van der Waals surface area contributed by atoms with E-state index in [9.17, 15) is 4.79 Å². The Hall–Kier alpha value is -1.89. The van der Waals surface area contributed by atoms with Gasteiger partial charge in [0.1, 0.15) is 0 Å². The molecule has 7 heteroatoms. The lowest BCUT2D eigenvalue weighted by atomic mass is 9.93. The molecule has 2 aliphatic rings. The maximum Gasteiger partial charge on any atom is 0.256 e. The number of hydrogen-bond acceptors (Lipinski definition) is 4. The van der Waals surface area contributed by atoms with Crippen LogP contribution in [0.4, 0.5) is 0 Å². The molecule has 142 valence electrons. The van der Waals surface area contributed by atoms with E-state index in [4.69, 9.17) is 0 Å². The smallest absolute Gasteiger partial charge is 0.256 e. The van der Waals surface area contributed by atoms with Gasteiger partial charge in [0, 0.05) is 18.0 Å². The first-order chi connectivity index (χ1) is 12.8. The molecule has 2 fully saturated rings. The molecule has 1 spiro atoms. The van der Waals surface area contributed by atoms with Gasteiger partial charge in [0.25, 0.3) is 5.91 Å². The van der Waals surface area contributed by atoms with E-state index in [0.717, 1.165) is 36.0 Å². The molecule has 1 amide bonds. The minimum absolute atomic E-state index is 0. The molecule has 1 aliphatic heterocycles. The number of thiophene rings is 1. The lowest BCUT2D eigenvalue weighted by Gasteiger charge is -2.29. The molecule has 1 aliphatic carbocycles. The normalized spacial score (nSPS) is 20.4. The van der Waals surface area contributed by atoms with Gasteiger partial charge in [-0.25, -0.2) is 0 Å². The zero-order chi connectivity index (χ0) is 17.6. The first kappa shape index (κ1) is 18.5. The van der Waals surface area contributed by atoms with Crippen molar-refractivity contribution in [2.24, 2.45) is 5.41 Å². The Morgan fingerprint density at radius 2 is 2.15 bits per heavy atom. The number of carbonyl (C=O) groups is 1. The van der Waals surface area contributed by atoms with Crippen molar-refractivity contribution in [3.05, 3.63) is 52.3 Å². The van der Waals surface area contributed by atoms with E-state index in [1.807, 2.05) is 18.2 Å². The van der Waals surface area contributed by atoms with E-state index < -0.39 is 0 Å². The monoisotopic (exact) mass is 402 g/mol. The van der Waals surface area contributed by atoms with Gasteiger partial charge in [0.05, 0.1) is 17.3 Å². The highest BCUT2D eigenvalue weighted by atomic mass is 35.5. The zero-order valence-electron chi connectivity index (χ0n) is 15.0. The van der Waals surface area contributed by atoms with Crippen molar-refractivity contribution < 1.29 is 4.79 Å². The van der Waals surface area contributed by atoms with Crippen LogP contribution < -0.4 is 5.32 Å². The molecule has 1 aromatic carbocycles. The second kappa shape index (κ2) is 7.26. The lowest BCUT2D eigenvalue weighted by Crippen LogP contribution is -2.39. The average molecular weight is 403 g/mol. The molecule has 1 saturated heterocycles. The predicted molar refractivity (Wildman–Crippen MR) is 110 cm³/mol. The highest BCUT2D eigenvalue weighted by Gasteiger charge is 2.57. The van der Waals surface area contributed by atoms with Crippen LogP contribution in [0.5, 0.6) is 0 Å². The number of amides is 1. The van der Waals surface area contributed by atoms with Crippen LogP contribution in [-0.4, -0.2) is 40.1 Å². The van der Waals surface area contributed by atoms with E-state index >= 15 is 0 Å². The Labute approximate surface area is 168 Å². The molecular weight excluding hydrogens is 380 g/mol. The van der Waals surface area contributed by atoms with Gasteiger partial charge in [-0.3, -0.25) is 9.89 Å². The quantitative estimate of drug-likeness (QED) is 0.697. The van der Waals surface area contributed by atoms with Gasteiger partial charge < -0.3 is 10.2 Å². The number of aromatic nitrogens is 2. The first-order valence-corrected chi connectivity index (χ1v) is 10.2. The third-order valence-electron chi connectivity index (χ3n) is 6.02. The summed E-state index contributed by atoms with van der Waals surface area (Å²) in [6.45, 7) is 2.81. The second-order valence-electron chi connectivity index (χ2n) is 7.54. The standard InChI is InChI=1S/C20H22N4OS.ClH/c25-19(16-3-1-2-15-11-22-23-18(15)16)24(12-14-4-9-26-13-14)17-10-20(17)5-7-21-8-6-20;/h1-4,9,11,13,17,21H,5-8,10,12H2,(H,22,23);1H. The van der Waals surface area contributed by atoms with Crippen LogP contribution in [0.2, 0.25) is 0 Å². The number of halogens is 1. The van der Waals surface area contributed by atoms with Crippen molar-refractivity contribution in [1.82, 2.24) is 20.4 Å². The van der Waals surface area contributed by atoms with Gasteiger partial charge in [-0.15, -0.1) is 12.4 Å². The van der Waals surface area contributed by atoms with Gasteiger partial charge >= 0.3 is 0 Å². The van der Waals surface area contributed by atoms with Crippen LogP contribution in [0.25, 0.3) is 10.9 Å². The van der Waals surface area contributed by atoms with E-state index in [1.165, 1.54) is 18.4 Å². The largest absolute Gasteiger partial charge is 0.331 e. The van der Waals surface area contributed by atoms with Crippen LogP contribution in [0.3, 0.4) is 0 Å². The number of fused-ring (bicyclic) bond motifs is 1. The van der Waals surface area contributed by atoms with Crippen molar-refractivity contribution in [3.63, 3.8) is 0 Å². The lowest BCUT2D eigenvalue weighted by molar-refractivity contribution is 0.0694. The number of para-hydroxylation sites is 1. The molecule has 0 radical (unpaired) electrons. The van der Waals surface area contributed by atoms with E-state index in [2.05, 4.69) is 37.2 Å². The van der Waals surface area contributed by atoms with Crippen molar-refractivity contribution >= 4 is 40.6 Å². The summed E-state index contributed by atoms with van der Waals surface area (Å²) >= 11 is 1.69. The molecule has 1 atom stereocenters. The summed E-state index contributed by atoms with van der Waals surface area (Å²) < 4.78 is 0. The molecule has 0 bridgehead atoms. The molecule has 2 aromatic heterocycles. The van der Waals surface area contributed by atoms with Gasteiger partial charge in [-0.2, -0.15) is 16.4 Å². The number of aromatic amines is 1. The molecule has 1 unspecified atom stereocenters. The van der Waals surface area contributed by atoms with E-state index in [-0.39, 0.29) is 18.3 Å². The Kier molecular flexibility index (Phi) is 4.97. The molecule has 3 heterocycles. The number of carbonyl (C=O) groups excluding carboxylic acids is 1. The van der Waals surface area contributed by atoms with Crippen LogP contribution in [0, 0.1) is 5.41 Å². The number of benzene rings is 1. The number of H-pyrrole nitrogens is 1. The Bertz CT molecular complexity index is 933. The predicted octanol–water partition coefficient (Wildman–Crippen LogP) is 3.83. The highest BCUT2D eigenvalue weighted by Crippen LogP contribution is 2.56. The Balaban J connectivity index is 0.00000180. The highest BCUT2D eigenvalue weighted by molar-refractivity contribution is 7.07. The van der Waals surface area contributed by atoms with Crippen molar-refractivity contribution in [1.29, 1.82) is 0 Å². The maximum absolute atomic E-state index is 13.6. The third-order valence-corrected chi connectivity index (χ3v) is 6.76. The number of nitrogens with one attached hydrogen (secondary N) is 2. The van der Waals surface area contributed by atoms with Crippen LogP contribution in [-0.2, 0) is 6.54 Å². The number of piperidine rings is 1. The summed E-state index contributed by atoms with van der Waals surface area (Å²) in [6, 6.07) is 8.32. The average Bonchev–Trinajstić information content (AvgIpc) is 3.08. The van der Waals surface area contributed by atoms with Crippen molar-refractivity contribution in [3.8, 4) is 0 Å². The van der Waals surface area contributed by atoms with E-state index in [0.29, 0.717) is 18.0 Å². The van der Waals surface area contributed by atoms with Crippen LogP contribution in [0.15, 0.2) is 41.2 Å². The summed E-state index contributed by atoms with van der Waals surface area (Å²) in [5.74, 6) is 0.117. The number of hydrogen-bond donors (Lipinski definition) is 2. The SMILES string of the molecule is Cl.O=C(c1cccc2cn[nH]c12)N(Cc1ccsc1)C1CC12CCNCC2. The number of rotatable bonds is 4. The summed E-state index contributed by atoms with van der Waals surface area (Å²) in [7, 11) is 0. The summed E-state index contributed by atoms with van der Waals surface area (Å²) in [5, 5.41) is 15.8. The van der Waals surface area contributed by atoms with Crippen LogP contribution in [0.1, 0.15) is 35.2 Å². The molecule has 2 N–H and O–H groups in total. The summed E-state index contributed by atoms with van der Waals surface area (Å²) in [6.07, 6.45) is 5.24. The fraction of sp³-hybridized carbons (Fsp3) is 0.400. The van der Waals surface area contributed by atoms with Gasteiger partial charge in [0.15, 0.2) is 0 Å². The Morgan fingerprint density at radius 1 is 1.30 bits per heavy atom. The molecule has 5 nitrogen and oxygen atoms in total. The summed E-state index contributed by atoms with van der Waals surface area (Å²) in [5.41, 5.74) is 3.11. The maximum atomic E-state index is 13.6. The van der Waals surface area contributed by atoms with E-state index in [1.54, 1.807) is 17.5 Å². The minimum Gasteiger partial charge on any atom is -0.331 e. The topological polar surface area (TPSA) is 61.0 Å². The zero-order valence-corrected chi connectivity index (χ0v) is 16.6. The van der Waals surface area contributed by atoms with Crippen molar-refractivity contribution in [2.45, 2.75) is 31.8 Å². The Morgan fingerprint density at radius 3 is 2.93 bits per heavy atom. The van der Waals surface area contributed by atoms with Gasteiger partial charge in [-0.1, -0.05) is 12.1 Å². The minimum atomic E-state index is 0. The summed E-state index contributed by atoms with van der Waals surface area (Å²) in [4.78, 5) is 15.7. The third kappa shape index (κ3) is 3.26. The second-order valence-corrected chi connectivity index (χ2v) is 8.32. The molecular formula is C20H23ClN4OS. The van der Waals surface area contributed by atoms with Crippen molar-refractivity contribution in [2.75, 3.05) is 13.1 Å². The van der Waals surface area contributed by atoms with Gasteiger partial charge in [-0.05, 0) is 66.2 Å². The molecule has 27 heavy (non-hydrogen) atoms. The number of nitrogens with zero attached hydrogens (tertiary/aromatic N) is 2. The first-order valence-electron chi connectivity index (χ1n) is 9.22. The fourth-order valence-corrected chi connectivity index (χ4v) is 5.09. The fourth-order valence-electron chi connectivity index (χ4n) is 4.43. The van der Waals surface area contributed by atoms with Crippen LogP contribution >= 0.6 is 23.7 Å². The van der Waals surface area contributed by atoms with Gasteiger partial charge in [0.2, 0.25) is 0 Å². The molecule has 3 aromatic rings.